The number of rotatable bonds is 8. The van der Waals surface area contributed by atoms with Gasteiger partial charge >= 0.3 is 11.9 Å². The minimum atomic E-state index is -0.984. The van der Waals surface area contributed by atoms with Crippen molar-refractivity contribution < 1.29 is 33.9 Å². The summed E-state index contributed by atoms with van der Waals surface area (Å²) in [5, 5.41) is 26.6. The number of methoxy groups -OCH3 is 1. The quantitative estimate of drug-likeness (QED) is 0.217. The van der Waals surface area contributed by atoms with E-state index in [1.807, 2.05) is 0 Å². The van der Waals surface area contributed by atoms with Crippen LogP contribution < -0.4 is 10.6 Å². The summed E-state index contributed by atoms with van der Waals surface area (Å²) < 4.78 is 10.3. The number of aromatic hydroxyl groups is 1. The van der Waals surface area contributed by atoms with Crippen LogP contribution in [0.5, 0.6) is 5.75 Å². The second kappa shape index (κ2) is 11.2. The molecule has 1 amide bonds. The fourth-order valence-corrected chi connectivity index (χ4v) is 3.94. The molecule has 0 aliphatic carbocycles. The summed E-state index contributed by atoms with van der Waals surface area (Å²) in [6.07, 6.45) is 0. The van der Waals surface area contributed by atoms with E-state index in [-0.39, 0.29) is 41.3 Å². The molecule has 3 rings (SSSR count). The van der Waals surface area contributed by atoms with Gasteiger partial charge in [0.2, 0.25) is 0 Å². The van der Waals surface area contributed by atoms with E-state index in [1.165, 1.54) is 37.4 Å². The summed E-state index contributed by atoms with van der Waals surface area (Å²) in [6.45, 7) is 3.01. The summed E-state index contributed by atoms with van der Waals surface area (Å²) in [7, 11) is 1.20. The molecule has 0 fully saturated rings. The van der Waals surface area contributed by atoms with Gasteiger partial charge in [0, 0.05) is 23.5 Å². The molecule has 11 nitrogen and oxygen atoms in total. The Morgan fingerprint density at radius 3 is 2.36 bits per heavy atom. The minimum absolute atomic E-state index is 0.0428. The van der Waals surface area contributed by atoms with Crippen LogP contribution in [0.1, 0.15) is 35.7 Å². The number of nitro groups is 1. The number of allylic oxidation sites excluding steroid dienone is 2. The van der Waals surface area contributed by atoms with Crippen molar-refractivity contribution in [1.29, 1.82) is 0 Å². The molecule has 1 unspecified atom stereocenters. The zero-order valence-corrected chi connectivity index (χ0v) is 19.9. The number of ether oxygens (including phenoxy) is 2. The maximum atomic E-state index is 13.2. The molecule has 0 bridgehead atoms. The maximum Gasteiger partial charge on any atom is 0.336 e. The Morgan fingerprint density at radius 2 is 1.72 bits per heavy atom. The van der Waals surface area contributed by atoms with Crippen LogP contribution in [0.3, 0.4) is 0 Å². The zero-order chi connectivity index (χ0) is 26.4. The Kier molecular flexibility index (Phi) is 8.05. The predicted octanol–water partition coefficient (Wildman–Crippen LogP) is 2.68. The van der Waals surface area contributed by atoms with Gasteiger partial charge in [0.25, 0.3) is 11.6 Å². The second-order valence-corrected chi connectivity index (χ2v) is 7.89. The molecule has 0 spiro atoms. The van der Waals surface area contributed by atoms with E-state index in [9.17, 15) is 29.6 Å². The van der Waals surface area contributed by atoms with Crippen molar-refractivity contribution in [2.24, 2.45) is 0 Å². The third-order valence-electron chi connectivity index (χ3n) is 5.57. The van der Waals surface area contributed by atoms with Gasteiger partial charge in [-0.25, -0.2) is 9.59 Å². The van der Waals surface area contributed by atoms with Crippen molar-refractivity contribution in [2.75, 3.05) is 20.3 Å². The molecule has 1 heterocycles. The number of nitrogens with one attached hydrogen (secondary N) is 2. The highest BCUT2D eigenvalue weighted by atomic mass is 16.6. The number of hydrogen-bond acceptors (Lipinski definition) is 9. The SMILES string of the molecule is COC(=O)C1=C(C)NC(C)=C(C(=O)OCCNC(=O)c2ccccc2O)C1c1cccc([N+](=O)[O-])c1. The fraction of sp³-hybridized carbons (Fsp3) is 0.240. The number of carbonyl (C=O) groups excluding carboxylic acids is 3. The first-order valence-electron chi connectivity index (χ1n) is 10.9. The van der Waals surface area contributed by atoms with Gasteiger partial charge in [-0.3, -0.25) is 14.9 Å². The Balaban J connectivity index is 1.83. The van der Waals surface area contributed by atoms with E-state index in [0.717, 1.165) is 0 Å². The molecule has 0 radical (unpaired) electrons. The lowest BCUT2D eigenvalue weighted by Gasteiger charge is -2.30. The van der Waals surface area contributed by atoms with Crippen molar-refractivity contribution in [2.45, 2.75) is 19.8 Å². The first-order valence-corrected chi connectivity index (χ1v) is 10.9. The molecule has 36 heavy (non-hydrogen) atoms. The first kappa shape index (κ1) is 25.9. The first-order chi connectivity index (χ1) is 17.1. The van der Waals surface area contributed by atoms with Crippen LogP contribution in [0, 0.1) is 10.1 Å². The number of esters is 2. The molecule has 0 saturated heterocycles. The number of phenolic OH excluding ortho intramolecular Hbond substituents is 1. The van der Waals surface area contributed by atoms with Gasteiger partial charge in [-0.2, -0.15) is 0 Å². The summed E-state index contributed by atoms with van der Waals surface area (Å²) in [5.74, 6) is -3.19. The van der Waals surface area contributed by atoms with E-state index in [0.29, 0.717) is 17.0 Å². The van der Waals surface area contributed by atoms with Gasteiger partial charge in [-0.15, -0.1) is 0 Å². The summed E-state index contributed by atoms with van der Waals surface area (Å²) >= 11 is 0. The van der Waals surface area contributed by atoms with Gasteiger partial charge in [-0.1, -0.05) is 24.3 Å². The average molecular weight is 495 g/mol. The van der Waals surface area contributed by atoms with E-state index in [1.54, 1.807) is 32.0 Å². The van der Waals surface area contributed by atoms with E-state index < -0.39 is 28.7 Å². The van der Waals surface area contributed by atoms with E-state index in [2.05, 4.69) is 10.6 Å². The number of carbonyl (C=O) groups is 3. The Morgan fingerprint density at radius 1 is 1.06 bits per heavy atom. The molecule has 11 heteroatoms. The molecular formula is C25H25N3O8. The number of nitro benzene ring substituents is 1. The largest absolute Gasteiger partial charge is 0.507 e. The summed E-state index contributed by atoms with van der Waals surface area (Å²) in [4.78, 5) is 48.8. The van der Waals surface area contributed by atoms with Crippen molar-refractivity contribution in [3.8, 4) is 5.75 Å². The summed E-state index contributed by atoms with van der Waals surface area (Å²) in [6, 6.07) is 11.6. The van der Waals surface area contributed by atoms with Gasteiger partial charge in [0.15, 0.2) is 0 Å². The molecule has 0 saturated carbocycles. The number of phenols is 1. The number of hydrogen-bond donors (Lipinski definition) is 3. The Bertz CT molecular complexity index is 1280. The van der Waals surface area contributed by atoms with Crippen molar-refractivity contribution >= 4 is 23.5 Å². The predicted molar refractivity (Wildman–Crippen MR) is 128 cm³/mol. The third kappa shape index (κ3) is 5.52. The lowest BCUT2D eigenvalue weighted by molar-refractivity contribution is -0.384. The van der Waals surface area contributed by atoms with Crippen LogP contribution in [-0.4, -0.2) is 48.1 Å². The van der Waals surface area contributed by atoms with Crippen LogP contribution >= 0.6 is 0 Å². The van der Waals surface area contributed by atoms with Gasteiger partial charge in [0.1, 0.15) is 12.4 Å². The van der Waals surface area contributed by atoms with E-state index >= 15 is 0 Å². The van der Waals surface area contributed by atoms with Crippen molar-refractivity contribution in [3.63, 3.8) is 0 Å². The smallest absolute Gasteiger partial charge is 0.336 e. The van der Waals surface area contributed by atoms with Crippen molar-refractivity contribution in [1.82, 2.24) is 10.6 Å². The van der Waals surface area contributed by atoms with Crippen LogP contribution in [0.4, 0.5) is 5.69 Å². The highest BCUT2D eigenvalue weighted by Gasteiger charge is 2.38. The molecule has 188 valence electrons. The van der Waals surface area contributed by atoms with Gasteiger partial charge < -0.3 is 25.2 Å². The monoisotopic (exact) mass is 495 g/mol. The summed E-state index contributed by atoms with van der Waals surface area (Å²) in [5.41, 5.74) is 1.24. The number of benzene rings is 2. The highest BCUT2D eigenvalue weighted by molar-refractivity contribution is 6.00. The molecule has 2 aromatic carbocycles. The van der Waals surface area contributed by atoms with Crippen LogP contribution in [0.15, 0.2) is 71.1 Å². The van der Waals surface area contributed by atoms with Crippen molar-refractivity contribution in [3.05, 3.63) is 92.3 Å². The van der Waals surface area contributed by atoms with Gasteiger partial charge in [0.05, 0.1) is 41.2 Å². The van der Waals surface area contributed by atoms with Crippen LogP contribution in [0.25, 0.3) is 0 Å². The van der Waals surface area contributed by atoms with Crippen LogP contribution in [0.2, 0.25) is 0 Å². The number of dihydropyridines is 1. The molecular weight excluding hydrogens is 470 g/mol. The normalized spacial score (nSPS) is 15.1. The number of nitrogens with zero attached hydrogens (tertiary/aromatic N) is 1. The lowest BCUT2D eigenvalue weighted by atomic mass is 9.80. The fourth-order valence-electron chi connectivity index (χ4n) is 3.94. The lowest BCUT2D eigenvalue weighted by Crippen LogP contribution is -2.33. The molecule has 2 aromatic rings. The molecule has 1 aliphatic rings. The molecule has 3 N–H and O–H groups in total. The molecule has 1 atom stereocenters. The molecule has 1 aliphatic heterocycles. The van der Waals surface area contributed by atoms with Gasteiger partial charge in [-0.05, 0) is 31.5 Å². The Labute approximate surface area is 206 Å². The second-order valence-electron chi connectivity index (χ2n) is 7.89. The van der Waals surface area contributed by atoms with E-state index in [4.69, 9.17) is 9.47 Å². The average Bonchev–Trinajstić information content (AvgIpc) is 2.85. The topological polar surface area (TPSA) is 157 Å². The highest BCUT2D eigenvalue weighted by Crippen LogP contribution is 2.40. The number of para-hydroxylation sites is 1. The minimum Gasteiger partial charge on any atom is -0.507 e. The standard InChI is InChI=1S/C25H25N3O8/c1-14-20(24(31)35-3)22(16-7-6-8-17(13-16)28(33)34)21(15(2)27-14)25(32)36-12-11-26-23(30)18-9-4-5-10-19(18)29/h4-10,13,22,27,29H,11-12H2,1-3H3,(H,26,30). The Hall–Kier alpha value is -4.67. The van der Waals surface area contributed by atoms with Crippen LogP contribution in [-0.2, 0) is 19.1 Å². The number of non-ortho nitro benzene ring substituents is 1. The zero-order valence-electron chi connectivity index (χ0n) is 19.9. The third-order valence-corrected chi connectivity index (χ3v) is 5.57. The number of amides is 1. The maximum absolute atomic E-state index is 13.2. The molecule has 0 aromatic heterocycles.